The minimum atomic E-state index is -0.354. The highest BCUT2D eigenvalue weighted by molar-refractivity contribution is 5.88. The van der Waals surface area contributed by atoms with Crippen molar-refractivity contribution >= 4 is 5.91 Å². The van der Waals surface area contributed by atoms with Crippen LogP contribution >= 0.6 is 0 Å². The molecule has 1 rings (SSSR count). The molecule has 0 radical (unpaired) electrons. The van der Waals surface area contributed by atoms with Gasteiger partial charge in [-0.25, -0.2) is 0 Å². The maximum atomic E-state index is 12.8. The lowest BCUT2D eigenvalue weighted by molar-refractivity contribution is -0.138. The van der Waals surface area contributed by atoms with Gasteiger partial charge >= 0.3 is 0 Å². The molecule has 1 aliphatic rings. The topological polar surface area (TPSA) is 32.8 Å². The van der Waals surface area contributed by atoms with Crippen molar-refractivity contribution in [3.8, 4) is 0 Å². The highest BCUT2D eigenvalue weighted by Gasteiger charge is 2.49. The van der Waals surface area contributed by atoms with Crippen molar-refractivity contribution in [2.24, 2.45) is 0 Å². The standard InChI is InChI=1S/C15H28N2O2/c1-5-9-15(10-6-2)14(18)16(13-19-8-4)12-17(15)11-7-3/h7,11H,5-6,8-10,12-13H2,1-4H3. The molecule has 110 valence electrons. The zero-order valence-electron chi connectivity index (χ0n) is 12.8. The lowest BCUT2D eigenvalue weighted by Crippen LogP contribution is -2.47. The highest BCUT2D eigenvalue weighted by atomic mass is 16.5. The molecule has 1 fully saturated rings. The van der Waals surface area contributed by atoms with Crippen molar-refractivity contribution in [2.45, 2.75) is 58.9 Å². The number of ether oxygens (including phenoxy) is 1. The van der Waals surface area contributed by atoms with Crippen LogP contribution in [-0.2, 0) is 9.53 Å². The lowest BCUT2D eigenvalue weighted by atomic mass is 9.87. The monoisotopic (exact) mass is 268 g/mol. The van der Waals surface area contributed by atoms with E-state index in [1.165, 1.54) is 0 Å². The lowest BCUT2D eigenvalue weighted by Gasteiger charge is -2.34. The normalized spacial score (nSPS) is 18.8. The largest absolute Gasteiger partial charge is 0.361 e. The van der Waals surface area contributed by atoms with Gasteiger partial charge in [0.05, 0.1) is 6.67 Å². The molecule has 1 aliphatic heterocycles. The minimum absolute atomic E-state index is 0.225. The zero-order chi connectivity index (χ0) is 14.3. The van der Waals surface area contributed by atoms with Gasteiger partial charge in [-0.05, 0) is 32.9 Å². The number of hydrogen-bond acceptors (Lipinski definition) is 3. The Morgan fingerprint density at radius 2 is 1.89 bits per heavy atom. The first-order valence-electron chi connectivity index (χ1n) is 7.42. The van der Waals surface area contributed by atoms with Crippen molar-refractivity contribution in [1.82, 2.24) is 9.80 Å². The average molecular weight is 268 g/mol. The minimum Gasteiger partial charge on any atom is -0.361 e. The van der Waals surface area contributed by atoms with E-state index in [9.17, 15) is 4.79 Å². The Labute approximate surface area is 117 Å². The summed E-state index contributed by atoms with van der Waals surface area (Å²) in [5.74, 6) is 0.225. The Bertz CT molecular complexity index is 309. The Balaban J connectivity index is 2.96. The summed E-state index contributed by atoms with van der Waals surface area (Å²) in [5.41, 5.74) is -0.354. The first-order valence-corrected chi connectivity index (χ1v) is 7.42. The molecular formula is C15H28N2O2. The van der Waals surface area contributed by atoms with Crippen LogP contribution in [0.25, 0.3) is 0 Å². The molecule has 19 heavy (non-hydrogen) atoms. The maximum Gasteiger partial charge on any atom is 0.251 e. The second-order valence-electron chi connectivity index (χ2n) is 5.09. The second kappa shape index (κ2) is 7.53. The van der Waals surface area contributed by atoms with Crippen LogP contribution in [0, 0.1) is 0 Å². The van der Waals surface area contributed by atoms with E-state index in [-0.39, 0.29) is 11.4 Å². The van der Waals surface area contributed by atoms with Crippen molar-refractivity contribution in [3.05, 3.63) is 12.3 Å². The predicted molar refractivity (Wildman–Crippen MR) is 77.4 cm³/mol. The van der Waals surface area contributed by atoms with Gasteiger partial charge in [-0.15, -0.1) is 0 Å². The SMILES string of the molecule is CC=CN1CN(COCC)C(=O)C1(CCC)CCC. The molecule has 4 heteroatoms. The van der Waals surface area contributed by atoms with E-state index in [0.717, 1.165) is 25.7 Å². The molecule has 4 nitrogen and oxygen atoms in total. The maximum absolute atomic E-state index is 12.8. The molecule has 1 saturated heterocycles. The fourth-order valence-corrected chi connectivity index (χ4v) is 2.92. The summed E-state index contributed by atoms with van der Waals surface area (Å²) >= 11 is 0. The molecule has 0 aromatic carbocycles. The van der Waals surface area contributed by atoms with Crippen molar-refractivity contribution < 1.29 is 9.53 Å². The number of amides is 1. The molecule has 0 atom stereocenters. The van der Waals surface area contributed by atoms with Gasteiger partial charge in [0.15, 0.2) is 0 Å². The van der Waals surface area contributed by atoms with Crippen molar-refractivity contribution in [1.29, 1.82) is 0 Å². The number of carbonyl (C=O) groups is 1. The van der Waals surface area contributed by atoms with Crippen LogP contribution in [0.2, 0.25) is 0 Å². The van der Waals surface area contributed by atoms with E-state index in [1.807, 2.05) is 24.8 Å². The Hall–Kier alpha value is -1.03. The molecule has 0 aliphatic carbocycles. The molecule has 1 heterocycles. The van der Waals surface area contributed by atoms with Crippen LogP contribution in [0.3, 0.4) is 0 Å². The summed E-state index contributed by atoms with van der Waals surface area (Å²) in [7, 11) is 0. The van der Waals surface area contributed by atoms with Gasteiger partial charge < -0.3 is 9.64 Å². The molecule has 0 unspecified atom stereocenters. The molecule has 0 spiro atoms. The summed E-state index contributed by atoms with van der Waals surface area (Å²) < 4.78 is 5.42. The predicted octanol–water partition coefficient (Wildman–Crippen LogP) is 2.95. The molecule has 0 N–H and O–H groups in total. The van der Waals surface area contributed by atoms with Gasteiger partial charge in [-0.1, -0.05) is 32.8 Å². The first kappa shape index (κ1) is 16.0. The Kier molecular flexibility index (Phi) is 6.35. The number of hydrogen-bond donors (Lipinski definition) is 0. The molecule has 0 bridgehead atoms. The molecule has 0 saturated carbocycles. The van der Waals surface area contributed by atoms with Crippen LogP contribution in [0.15, 0.2) is 12.3 Å². The Morgan fingerprint density at radius 3 is 2.37 bits per heavy atom. The smallest absolute Gasteiger partial charge is 0.251 e. The number of carbonyl (C=O) groups excluding carboxylic acids is 1. The molecule has 0 aromatic rings. The van der Waals surface area contributed by atoms with Gasteiger partial charge in [0, 0.05) is 6.61 Å². The van der Waals surface area contributed by atoms with Crippen LogP contribution in [0.4, 0.5) is 0 Å². The van der Waals surface area contributed by atoms with Gasteiger partial charge in [-0.3, -0.25) is 9.69 Å². The van der Waals surface area contributed by atoms with Crippen LogP contribution in [-0.4, -0.2) is 41.3 Å². The Morgan fingerprint density at radius 1 is 1.26 bits per heavy atom. The average Bonchev–Trinajstić information content (AvgIpc) is 2.64. The van der Waals surface area contributed by atoms with Gasteiger partial charge in [-0.2, -0.15) is 0 Å². The third kappa shape index (κ3) is 3.30. The van der Waals surface area contributed by atoms with E-state index in [0.29, 0.717) is 20.0 Å². The highest BCUT2D eigenvalue weighted by Crippen LogP contribution is 2.35. The molecular weight excluding hydrogens is 240 g/mol. The third-order valence-electron chi connectivity index (χ3n) is 3.67. The number of allylic oxidation sites excluding steroid dienone is 1. The second-order valence-corrected chi connectivity index (χ2v) is 5.09. The van der Waals surface area contributed by atoms with Gasteiger partial charge in [0.2, 0.25) is 0 Å². The summed E-state index contributed by atoms with van der Waals surface area (Å²) in [6.07, 6.45) is 7.91. The summed E-state index contributed by atoms with van der Waals surface area (Å²) in [6, 6.07) is 0. The van der Waals surface area contributed by atoms with E-state index in [2.05, 4.69) is 24.9 Å². The quantitative estimate of drug-likeness (QED) is 0.678. The van der Waals surface area contributed by atoms with Crippen molar-refractivity contribution in [3.63, 3.8) is 0 Å². The van der Waals surface area contributed by atoms with Crippen LogP contribution in [0.1, 0.15) is 53.4 Å². The van der Waals surface area contributed by atoms with E-state index in [1.54, 1.807) is 0 Å². The molecule has 1 amide bonds. The van der Waals surface area contributed by atoms with E-state index >= 15 is 0 Å². The third-order valence-corrected chi connectivity index (χ3v) is 3.67. The zero-order valence-corrected chi connectivity index (χ0v) is 12.8. The fraction of sp³-hybridized carbons (Fsp3) is 0.800. The van der Waals surface area contributed by atoms with Crippen LogP contribution < -0.4 is 0 Å². The van der Waals surface area contributed by atoms with Gasteiger partial charge in [0.1, 0.15) is 12.3 Å². The van der Waals surface area contributed by atoms with E-state index < -0.39 is 0 Å². The first-order chi connectivity index (χ1) is 9.16. The van der Waals surface area contributed by atoms with Crippen molar-refractivity contribution in [2.75, 3.05) is 20.0 Å². The summed E-state index contributed by atoms with van der Waals surface area (Å²) in [4.78, 5) is 16.8. The number of nitrogens with zero attached hydrogens (tertiary/aromatic N) is 2. The summed E-state index contributed by atoms with van der Waals surface area (Å²) in [6.45, 7) is 9.92. The van der Waals surface area contributed by atoms with Crippen LogP contribution in [0.5, 0.6) is 0 Å². The fourth-order valence-electron chi connectivity index (χ4n) is 2.92. The van der Waals surface area contributed by atoms with Gasteiger partial charge in [0.25, 0.3) is 5.91 Å². The van der Waals surface area contributed by atoms with E-state index in [4.69, 9.17) is 4.74 Å². The number of rotatable bonds is 8. The summed E-state index contributed by atoms with van der Waals surface area (Å²) in [5, 5.41) is 0. The molecule has 0 aromatic heterocycles.